The normalized spacial score (nSPS) is 11.5. The van der Waals surface area contributed by atoms with Crippen molar-refractivity contribution in [2.45, 2.75) is 0 Å². The number of hydrogen-bond donors (Lipinski definition) is 0. The van der Waals surface area contributed by atoms with Gasteiger partial charge in [0.15, 0.2) is 0 Å². The van der Waals surface area contributed by atoms with Crippen LogP contribution < -0.4 is 4.90 Å². The fraction of sp³-hybridized carbons (Fsp3) is 0. The zero-order valence-electron chi connectivity index (χ0n) is 41.1. The molecule has 14 rings (SSSR count). The van der Waals surface area contributed by atoms with E-state index in [9.17, 15) is 0 Å². The van der Waals surface area contributed by atoms with E-state index in [1.807, 2.05) is 0 Å². The van der Waals surface area contributed by atoms with Gasteiger partial charge in [0.2, 0.25) is 0 Å². The van der Waals surface area contributed by atoms with Gasteiger partial charge in [-0.1, -0.05) is 200 Å². The van der Waals surface area contributed by atoms with E-state index in [-0.39, 0.29) is 0 Å². The summed E-state index contributed by atoms with van der Waals surface area (Å²) in [6, 6.07) is 108. The predicted octanol–water partition coefficient (Wildman–Crippen LogP) is 19.7. The van der Waals surface area contributed by atoms with Crippen LogP contribution in [0.5, 0.6) is 0 Å². The third-order valence-electron chi connectivity index (χ3n) is 14.9. The van der Waals surface area contributed by atoms with Crippen LogP contribution in [0.15, 0.2) is 297 Å². The number of para-hydroxylation sites is 3. The van der Waals surface area contributed by atoms with E-state index < -0.39 is 0 Å². The SMILES string of the molecule is c1ccc(-c2ccc(N(c3ccc(-c4ccccc4)cc3)c3cccc(-c4ccccc4-n4c5ccc(-c6ccccc6)cc5c5cc(-c6ccc7c(c6)c6ccccc6n7-c6ccccc6)ccc54)c3)cc2)cc1. The molecule has 3 heteroatoms. The molecule has 0 radical (unpaired) electrons. The quantitative estimate of drug-likeness (QED) is 0.133. The molecule has 75 heavy (non-hydrogen) atoms. The Balaban J connectivity index is 0.912. The van der Waals surface area contributed by atoms with Crippen LogP contribution in [0, 0.1) is 0 Å². The van der Waals surface area contributed by atoms with Crippen LogP contribution in [0.4, 0.5) is 17.1 Å². The largest absolute Gasteiger partial charge is 0.310 e. The standard InChI is InChI=1S/C72H49N3/c1-5-18-50(19-6-1)53-32-39-60(40-33-53)73(61-41-34-54(35-42-61)51-20-7-2-8-21-51)62-27-17-24-58(46-62)63-28-13-15-30-68(63)75-71-44-36-55(52-22-9-3-10-23-52)47-66(71)67-49-57(38-45-72(67)75)56-37-43-70-65(48-56)64-29-14-16-31-69(64)74(70)59-25-11-4-12-26-59/h1-49H. The van der Waals surface area contributed by atoms with Crippen LogP contribution in [-0.4, -0.2) is 9.13 Å². The van der Waals surface area contributed by atoms with Crippen LogP contribution in [-0.2, 0) is 0 Å². The molecule has 0 spiro atoms. The number of benzene rings is 12. The van der Waals surface area contributed by atoms with Gasteiger partial charge in [-0.25, -0.2) is 0 Å². The maximum absolute atomic E-state index is 2.48. The number of aromatic nitrogens is 2. The average molecular weight is 956 g/mol. The van der Waals surface area contributed by atoms with Crippen LogP contribution in [0.1, 0.15) is 0 Å². The average Bonchev–Trinajstić information content (AvgIpc) is 4.01. The first-order chi connectivity index (χ1) is 37.2. The molecule has 2 aromatic heterocycles. The van der Waals surface area contributed by atoms with Gasteiger partial charge >= 0.3 is 0 Å². The Hall–Kier alpha value is -9.96. The van der Waals surface area contributed by atoms with E-state index in [1.54, 1.807) is 0 Å². The van der Waals surface area contributed by atoms with Gasteiger partial charge in [-0.2, -0.15) is 0 Å². The van der Waals surface area contributed by atoms with Gasteiger partial charge in [0.05, 0.1) is 27.8 Å². The highest BCUT2D eigenvalue weighted by atomic mass is 15.1. The number of anilines is 3. The highest BCUT2D eigenvalue weighted by Gasteiger charge is 2.20. The van der Waals surface area contributed by atoms with Crippen molar-refractivity contribution in [3.8, 4) is 67.0 Å². The highest BCUT2D eigenvalue weighted by Crippen LogP contribution is 2.43. The summed E-state index contributed by atoms with van der Waals surface area (Å²) < 4.78 is 4.86. The Morgan fingerprint density at radius 1 is 0.213 bits per heavy atom. The molecular formula is C72H49N3. The Bertz CT molecular complexity index is 4280. The van der Waals surface area contributed by atoms with E-state index >= 15 is 0 Å². The molecule has 14 aromatic rings. The molecule has 2 heterocycles. The molecule has 0 fully saturated rings. The monoisotopic (exact) mass is 955 g/mol. The van der Waals surface area contributed by atoms with Crippen molar-refractivity contribution in [2.24, 2.45) is 0 Å². The summed E-state index contributed by atoms with van der Waals surface area (Å²) in [7, 11) is 0. The third kappa shape index (κ3) is 7.86. The van der Waals surface area contributed by atoms with Gasteiger partial charge in [0, 0.05) is 49.9 Å². The predicted molar refractivity (Wildman–Crippen MR) is 317 cm³/mol. The summed E-state index contributed by atoms with van der Waals surface area (Å²) >= 11 is 0. The maximum atomic E-state index is 2.48. The molecule has 0 unspecified atom stereocenters. The minimum absolute atomic E-state index is 1.07. The molecular weight excluding hydrogens is 907 g/mol. The van der Waals surface area contributed by atoms with E-state index in [1.165, 1.54) is 77.1 Å². The lowest BCUT2D eigenvalue weighted by Crippen LogP contribution is -2.10. The molecule has 0 aliphatic carbocycles. The van der Waals surface area contributed by atoms with Gasteiger partial charge in [-0.15, -0.1) is 0 Å². The molecule has 3 nitrogen and oxygen atoms in total. The number of rotatable bonds is 10. The zero-order valence-corrected chi connectivity index (χ0v) is 41.1. The lowest BCUT2D eigenvalue weighted by molar-refractivity contribution is 1.18. The molecule has 0 N–H and O–H groups in total. The summed E-state index contributed by atoms with van der Waals surface area (Å²) in [6.07, 6.45) is 0. The molecule has 0 atom stereocenters. The molecule has 0 bridgehead atoms. The fourth-order valence-electron chi connectivity index (χ4n) is 11.3. The number of hydrogen-bond acceptors (Lipinski definition) is 1. The van der Waals surface area contributed by atoms with E-state index in [0.29, 0.717) is 0 Å². The third-order valence-corrected chi connectivity index (χ3v) is 14.9. The summed E-state index contributed by atoms with van der Waals surface area (Å²) in [4.78, 5) is 2.37. The van der Waals surface area contributed by atoms with Crippen molar-refractivity contribution in [3.05, 3.63) is 297 Å². The molecule has 0 aliphatic rings. The summed E-state index contributed by atoms with van der Waals surface area (Å²) in [5.41, 5.74) is 22.0. The first-order valence-electron chi connectivity index (χ1n) is 25.7. The fourth-order valence-corrected chi connectivity index (χ4v) is 11.3. The second-order valence-electron chi connectivity index (χ2n) is 19.3. The minimum Gasteiger partial charge on any atom is -0.310 e. The molecule has 0 saturated heterocycles. The summed E-state index contributed by atoms with van der Waals surface area (Å²) in [5.74, 6) is 0. The van der Waals surface area contributed by atoms with Gasteiger partial charge in [-0.05, 0) is 147 Å². The van der Waals surface area contributed by atoms with Crippen molar-refractivity contribution in [3.63, 3.8) is 0 Å². The Morgan fingerprint density at radius 3 is 1.16 bits per heavy atom. The first kappa shape index (κ1) is 43.8. The lowest BCUT2D eigenvalue weighted by Gasteiger charge is -2.27. The van der Waals surface area contributed by atoms with Crippen LogP contribution in [0.25, 0.3) is 111 Å². The van der Waals surface area contributed by atoms with Crippen molar-refractivity contribution in [1.29, 1.82) is 0 Å². The molecule has 0 saturated carbocycles. The molecule has 0 amide bonds. The first-order valence-corrected chi connectivity index (χ1v) is 25.7. The number of fused-ring (bicyclic) bond motifs is 6. The van der Waals surface area contributed by atoms with E-state index in [0.717, 1.165) is 50.6 Å². The second kappa shape index (κ2) is 18.6. The zero-order chi connectivity index (χ0) is 49.7. The lowest BCUT2D eigenvalue weighted by atomic mass is 9.99. The topological polar surface area (TPSA) is 13.1 Å². The van der Waals surface area contributed by atoms with Gasteiger partial charge in [0.25, 0.3) is 0 Å². The Morgan fingerprint density at radius 2 is 0.600 bits per heavy atom. The Kier molecular flexibility index (Phi) is 10.8. The molecule has 12 aromatic carbocycles. The molecule has 352 valence electrons. The van der Waals surface area contributed by atoms with E-state index in [2.05, 4.69) is 311 Å². The minimum atomic E-state index is 1.07. The van der Waals surface area contributed by atoms with Crippen molar-refractivity contribution >= 4 is 60.7 Å². The smallest absolute Gasteiger partial charge is 0.0541 e. The van der Waals surface area contributed by atoms with Crippen molar-refractivity contribution < 1.29 is 0 Å². The summed E-state index contributed by atoms with van der Waals surface area (Å²) in [5, 5.41) is 4.90. The number of nitrogens with zero attached hydrogens (tertiary/aromatic N) is 3. The summed E-state index contributed by atoms with van der Waals surface area (Å²) in [6.45, 7) is 0. The highest BCUT2D eigenvalue weighted by molar-refractivity contribution is 6.14. The van der Waals surface area contributed by atoms with Crippen LogP contribution in [0.2, 0.25) is 0 Å². The second-order valence-corrected chi connectivity index (χ2v) is 19.3. The van der Waals surface area contributed by atoms with Crippen molar-refractivity contribution in [1.82, 2.24) is 9.13 Å². The van der Waals surface area contributed by atoms with Gasteiger partial charge in [0.1, 0.15) is 0 Å². The van der Waals surface area contributed by atoms with Gasteiger partial charge < -0.3 is 14.0 Å². The van der Waals surface area contributed by atoms with Crippen molar-refractivity contribution in [2.75, 3.05) is 4.90 Å². The van der Waals surface area contributed by atoms with E-state index in [4.69, 9.17) is 0 Å². The Labute approximate surface area is 436 Å². The van der Waals surface area contributed by atoms with Crippen LogP contribution in [0.3, 0.4) is 0 Å². The maximum Gasteiger partial charge on any atom is 0.0541 e. The molecule has 0 aliphatic heterocycles. The van der Waals surface area contributed by atoms with Gasteiger partial charge in [-0.3, -0.25) is 0 Å². The van der Waals surface area contributed by atoms with Crippen LogP contribution >= 0.6 is 0 Å².